The molecule has 1 aromatic carbocycles. The fraction of sp³-hybridized carbons (Fsp3) is 0.0625. The largest absolute Gasteiger partial charge is 0.324 e. The van der Waals surface area contributed by atoms with Crippen LogP contribution in [0.3, 0.4) is 0 Å². The molecule has 4 nitrogen and oxygen atoms in total. The molecule has 1 unspecified atom stereocenters. The maximum atomic E-state index is 5.37. The van der Waals surface area contributed by atoms with Crippen molar-refractivity contribution in [2.45, 2.75) is 5.92 Å². The van der Waals surface area contributed by atoms with E-state index in [-0.39, 0.29) is 5.92 Å². The van der Waals surface area contributed by atoms with Gasteiger partial charge < -0.3 is 5.84 Å². The molecule has 0 aliphatic carbocycles. The Labute approximate surface area is 117 Å². The summed E-state index contributed by atoms with van der Waals surface area (Å²) in [6.07, 6.45) is 5.29. The van der Waals surface area contributed by atoms with Crippen LogP contribution in [-0.2, 0) is 0 Å². The SMILES string of the molecule is NN=CC(c1ccccn1)c1ccnc2ccccc12. The van der Waals surface area contributed by atoms with Gasteiger partial charge in [-0.05, 0) is 29.8 Å². The highest BCUT2D eigenvalue weighted by atomic mass is 15.1. The van der Waals surface area contributed by atoms with Crippen molar-refractivity contribution in [1.29, 1.82) is 0 Å². The van der Waals surface area contributed by atoms with Crippen molar-refractivity contribution in [3.63, 3.8) is 0 Å². The molecule has 0 fully saturated rings. The van der Waals surface area contributed by atoms with E-state index in [0.717, 1.165) is 22.2 Å². The molecule has 2 aromatic heterocycles. The number of fused-ring (bicyclic) bond motifs is 1. The second-order valence-corrected chi connectivity index (χ2v) is 4.45. The summed E-state index contributed by atoms with van der Waals surface area (Å²) in [5.41, 5.74) is 2.97. The summed E-state index contributed by atoms with van der Waals surface area (Å²) in [5.74, 6) is 5.30. The third-order valence-corrected chi connectivity index (χ3v) is 3.26. The summed E-state index contributed by atoms with van der Waals surface area (Å²) < 4.78 is 0. The number of hydrogen-bond acceptors (Lipinski definition) is 4. The Morgan fingerprint density at radius 1 is 0.950 bits per heavy atom. The van der Waals surface area contributed by atoms with Crippen LogP contribution in [0.15, 0.2) is 66.0 Å². The minimum absolute atomic E-state index is 0.0749. The van der Waals surface area contributed by atoms with E-state index < -0.39 is 0 Å². The molecule has 0 radical (unpaired) electrons. The number of nitrogens with zero attached hydrogens (tertiary/aromatic N) is 3. The summed E-state index contributed by atoms with van der Waals surface area (Å²) in [6.45, 7) is 0. The van der Waals surface area contributed by atoms with Gasteiger partial charge in [0.2, 0.25) is 0 Å². The zero-order chi connectivity index (χ0) is 13.8. The van der Waals surface area contributed by atoms with Crippen LogP contribution in [0.1, 0.15) is 17.2 Å². The molecule has 0 amide bonds. The Kier molecular flexibility index (Phi) is 3.37. The molecule has 0 saturated heterocycles. The quantitative estimate of drug-likeness (QED) is 0.448. The fourth-order valence-corrected chi connectivity index (χ4v) is 2.35. The number of hydrazone groups is 1. The molecule has 0 aliphatic rings. The van der Waals surface area contributed by atoms with Gasteiger partial charge in [0.15, 0.2) is 0 Å². The minimum Gasteiger partial charge on any atom is -0.324 e. The Morgan fingerprint density at radius 2 is 1.80 bits per heavy atom. The lowest BCUT2D eigenvalue weighted by Crippen LogP contribution is -2.07. The molecule has 2 heterocycles. The van der Waals surface area contributed by atoms with Crippen molar-refractivity contribution in [2.75, 3.05) is 0 Å². The maximum absolute atomic E-state index is 5.37. The highest BCUT2D eigenvalue weighted by Gasteiger charge is 2.16. The second kappa shape index (κ2) is 5.48. The van der Waals surface area contributed by atoms with E-state index in [1.165, 1.54) is 0 Å². The summed E-state index contributed by atoms with van der Waals surface area (Å²) in [4.78, 5) is 8.80. The lowest BCUT2D eigenvalue weighted by atomic mass is 9.93. The van der Waals surface area contributed by atoms with Crippen LogP contribution < -0.4 is 5.84 Å². The Balaban J connectivity index is 2.20. The minimum atomic E-state index is -0.0749. The van der Waals surface area contributed by atoms with Crippen molar-refractivity contribution >= 4 is 17.1 Å². The predicted molar refractivity (Wildman–Crippen MR) is 80.5 cm³/mol. The Bertz CT molecular complexity index is 732. The molecule has 0 aliphatic heterocycles. The molecule has 0 bridgehead atoms. The molecule has 0 saturated carbocycles. The average Bonchev–Trinajstić information content (AvgIpc) is 2.53. The summed E-state index contributed by atoms with van der Waals surface area (Å²) in [5, 5.41) is 4.80. The number of pyridine rings is 2. The van der Waals surface area contributed by atoms with Crippen LogP contribution in [0.2, 0.25) is 0 Å². The van der Waals surface area contributed by atoms with Crippen molar-refractivity contribution in [3.05, 3.63) is 72.2 Å². The zero-order valence-electron chi connectivity index (χ0n) is 10.8. The fourth-order valence-electron chi connectivity index (χ4n) is 2.35. The van der Waals surface area contributed by atoms with Gasteiger partial charge in [-0.3, -0.25) is 9.97 Å². The van der Waals surface area contributed by atoms with Crippen LogP contribution in [0.4, 0.5) is 0 Å². The molecule has 3 rings (SSSR count). The third kappa shape index (κ3) is 2.23. The number of rotatable bonds is 3. The van der Waals surface area contributed by atoms with Gasteiger partial charge in [-0.1, -0.05) is 24.3 Å². The van der Waals surface area contributed by atoms with Gasteiger partial charge in [0.1, 0.15) is 0 Å². The lowest BCUT2D eigenvalue weighted by Gasteiger charge is -2.14. The van der Waals surface area contributed by atoms with Crippen molar-refractivity contribution < 1.29 is 0 Å². The first-order chi connectivity index (χ1) is 9.90. The molecule has 4 heteroatoms. The first-order valence-corrected chi connectivity index (χ1v) is 6.38. The molecule has 20 heavy (non-hydrogen) atoms. The second-order valence-electron chi connectivity index (χ2n) is 4.45. The van der Waals surface area contributed by atoms with Gasteiger partial charge in [-0.15, -0.1) is 0 Å². The van der Waals surface area contributed by atoms with Gasteiger partial charge in [-0.25, -0.2) is 0 Å². The molecule has 98 valence electrons. The van der Waals surface area contributed by atoms with E-state index in [1.807, 2.05) is 42.5 Å². The average molecular weight is 262 g/mol. The zero-order valence-corrected chi connectivity index (χ0v) is 10.8. The normalized spacial score (nSPS) is 12.8. The van der Waals surface area contributed by atoms with Crippen molar-refractivity contribution in [2.24, 2.45) is 10.9 Å². The Morgan fingerprint density at radius 3 is 2.60 bits per heavy atom. The molecule has 2 N–H and O–H groups in total. The van der Waals surface area contributed by atoms with E-state index in [2.05, 4.69) is 21.1 Å². The molecular weight excluding hydrogens is 248 g/mol. The monoisotopic (exact) mass is 262 g/mol. The first-order valence-electron chi connectivity index (χ1n) is 6.38. The van der Waals surface area contributed by atoms with Crippen molar-refractivity contribution in [3.8, 4) is 0 Å². The van der Waals surface area contributed by atoms with E-state index in [1.54, 1.807) is 18.6 Å². The van der Waals surface area contributed by atoms with Crippen LogP contribution in [0, 0.1) is 0 Å². The van der Waals surface area contributed by atoms with Crippen LogP contribution in [-0.4, -0.2) is 16.2 Å². The van der Waals surface area contributed by atoms with Gasteiger partial charge in [0.05, 0.1) is 17.1 Å². The lowest BCUT2D eigenvalue weighted by molar-refractivity contribution is 1.01. The molecule has 3 aromatic rings. The maximum Gasteiger partial charge on any atom is 0.0705 e. The van der Waals surface area contributed by atoms with Gasteiger partial charge >= 0.3 is 0 Å². The number of hydrogen-bond donors (Lipinski definition) is 1. The van der Waals surface area contributed by atoms with E-state index in [4.69, 9.17) is 5.84 Å². The van der Waals surface area contributed by atoms with Crippen LogP contribution in [0.25, 0.3) is 10.9 Å². The van der Waals surface area contributed by atoms with Crippen LogP contribution >= 0.6 is 0 Å². The molecular formula is C16H14N4. The topological polar surface area (TPSA) is 64.2 Å². The number of aromatic nitrogens is 2. The third-order valence-electron chi connectivity index (χ3n) is 3.26. The summed E-state index contributed by atoms with van der Waals surface area (Å²) in [6, 6.07) is 15.8. The smallest absolute Gasteiger partial charge is 0.0705 e. The number of nitrogens with two attached hydrogens (primary N) is 1. The molecule has 0 spiro atoms. The van der Waals surface area contributed by atoms with E-state index in [0.29, 0.717) is 0 Å². The highest BCUT2D eigenvalue weighted by Crippen LogP contribution is 2.27. The number of benzene rings is 1. The van der Waals surface area contributed by atoms with Crippen molar-refractivity contribution in [1.82, 2.24) is 9.97 Å². The predicted octanol–water partition coefficient (Wildman–Crippen LogP) is 2.71. The molecule has 1 atom stereocenters. The number of para-hydroxylation sites is 1. The first kappa shape index (κ1) is 12.3. The highest BCUT2D eigenvalue weighted by molar-refractivity contribution is 5.87. The van der Waals surface area contributed by atoms with Gasteiger partial charge in [0, 0.05) is 24.0 Å². The summed E-state index contributed by atoms with van der Waals surface area (Å²) >= 11 is 0. The van der Waals surface area contributed by atoms with E-state index in [9.17, 15) is 0 Å². The summed E-state index contributed by atoms with van der Waals surface area (Å²) in [7, 11) is 0. The van der Waals surface area contributed by atoms with Crippen LogP contribution in [0.5, 0.6) is 0 Å². The van der Waals surface area contributed by atoms with Gasteiger partial charge in [0.25, 0.3) is 0 Å². The standard InChI is InChI=1S/C16H14N4/c17-20-11-14(16-7-3-4-9-18-16)12-8-10-19-15-6-2-1-5-13(12)15/h1-11,14H,17H2. The van der Waals surface area contributed by atoms with E-state index >= 15 is 0 Å². The Hall–Kier alpha value is -2.75. The van der Waals surface area contributed by atoms with Gasteiger partial charge in [-0.2, -0.15) is 5.10 Å².